The number of benzene rings is 2. The molecule has 2 aromatic rings. The lowest BCUT2D eigenvalue weighted by Gasteiger charge is -2.25. The van der Waals surface area contributed by atoms with Crippen LogP contribution in [-0.4, -0.2) is 56.0 Å². The van der Waals surface area contributed by atoms with Crippen molar-refractivity contribution in [2.24, 2.45) is 0 Å². The number of amides is 1. The maximum absolute atomic E-state index is 14.0. The predicted octanol–water partition coefficient (Wildman–Crippen LogP) is 3.00. The van der Waals surface area contributed by atoms with Gasteiger partial charge in [-0.1, -0.05) is 24.3 Å². The summed E-state index contributed by atoms with van der Waals surface area (Å²) in [5.41, 5.74) is 1.29. The van der Waals surface area contributed by atoms with Gasteiger partial charge in [0.2, 0.25) is 0 Å². The average Bonchev–Trinajstić information content (AvgIpc) is 3.07. The van der Waals surface area contributed by atoms with Crippen LogP contribution >= 0.6 is 0 Å². The summed E-state index contributed by atoms with van der Waals surface area (Å²) >= 11 is 0. The van der Waals surface area contributed by atoms with Gasteiger partial charge in [0.15, 0.2) is 0 Å². The van der Waals surface area contributed by atoms with E-state index in [0.717, 1.165) is 11.3 Å². The summed E-state index contributed by atoms with van der Waals surface area (Å²) in [6.07, 6.45) is 0. The third-order valence-electron chi connectivity index (χ3n) is 4.89. The lowest BCUT2D eigenvalue weighted by molar-refractivity contribution is 0.0778. The average molecular weight is 342 g/mol. The van der Waals surface area contributed by atoms with Gasteiger partial charge >= 0.3 is 0 Å². The molecule has 1 aliphatic rings. The molecule has 132 valence electrons. The summed E-state index contributed by atoms with van der Waals surface area (Å²) < 4.78 is 19.2. The van der Waals surface area contributed by atoms with Gasteiger partial charge in [0.25, 0.3) is 5.91 Å². The quantitative estimate of drug-likeness (QED) is 0.856. The van der Waals surface area contributed by atoms with Crippen LogP contribution in [0.25, 0.3) is 0 Å². The van der Waals surface area contributed by atoms with Gasteiger partial charge in [-0.25, -0.2) is 4.39 Å². The Morgan fingerprint density at radius 2 is 1.80 bits per heavy atom. The molecule has 0 aromatic heterocycles. The third kappa shape index (κ3) is 3.51. The molecule has 0 unspecified atom stereocenters. The van der Waals surface area contributed by atoms with Crippen molar-refractivity contribution in [3.05, 3.63) is 65.5 Å². The largest absolute Gasteiger partial charge is 0.497 e. The molecule has 4 nitrogen and oxygen atoms in total. The Morgan fingerprint density at radius 1 is 1.12 bits per heavy atom. The number of hydrogen-bond donors (Lipinski definition) is 0. The van der Waals surface area contributed by atoms with Crippen molar-refractivity contribution in [2.75, 3.05) is 34.3 Å². The van der Waals surface area contributed by atoms with E-state index >= 15 is 0 Å². The lowest BCUT2D eigenvalue weighted by Crippen LogP contribution is -2.36. The normalized spacial score (nSPS) is 20.1. The van der Waals surface area contributed by atoms with Crippen LogP contribution in [-0.2, 0) is 0 Å². The van der Waals surface area contributed by atoms with Gasteiger partial charge in [-0.3, -0.25) is 4.79 Å². The molecule has 0 aliphatic carbocycles. The zero-order chi connectivity index (χ0) is 18.0. The fourth-order valence-corrected chi connectivity index (χ4v) is 3.46. The SMILES string of the molecule is COc1ccc([C@@H]2CN(C(=O)c3ccccc3F)C[C@H]2N(C)C)cc1. The first-order valence-corrected chi connectivity index (χ1v) is 8.35. The number of nitrogens with zero attached hydrogens (tertiary/aromatic N) is 2. The van der Waals surface area contributed by atoms with Crippen LogP contribution in [0.15, 0.2) is 48.5 Å². The van der Waals surface area contributed by atoms with Crippen molar-refractivity contribution >= 4 is 5.91 Å². The van der Waals surface area contributed by atoms with Crippen LogP contribution in [0.1, 0.15) is 21.8 Å². The maximum atomic E-state index is 14.0. The smallest absolute Gasteiger partial charge is 0.256 e. The van der Waals surface area contributed by atoms with E-state index in [-0.39, 0.29) is 23.4 Å². The summed E-state index contributed by atoms with van der Waals surface area (Å²) in [6, 6.07) is 14.3. The van der Waals surface area contributed by atoms with Crippen LogP contribution in [0.3, 0.4) is 0 Å². The van der Waals surface area contributed by atoms with Crippen molar-refractivity contribution in [1.82, 2.24) is 9.80 Å². The Hall–Kier alpha value is -2.40. The van der Waals surface area contributed by atoms with Gasteiger partial charge in [-0.15, -0.1) is 0 Å². The third-order valence-corrected chi connectivity index (χ3v) is 4.89. The van der Waals surface area contributed by atoms with Gasteiger partial charge < -0.3 is 14.5 Å². The Balaban J connectivity index is 1.85. The van der Waals surface area contributed by atoms with E-state index in [2.05, 4.69) is 4.90 Å². The Bertz CT molecular complexity index is 746. The van der Waals surface area contributed by atoms with Crippen molar-refractivity contribution in [3.8, 4) is 5.75 Å². The first kappa shape index (κ1) is 17.4. The standard InChI is InChI=1S/C20H23FN2O2/c1-22(2)19-13-23(20(24)16-6-4-5-7-18(16)21)12-17(19)14-8-10-15(25-3)11-9-14/h4-11,17,19H,12-13H2,1-3H3/t17-,19+/m0/s1. The molecular weight excluding hydrogens is 319 g/mol. The van der Waals surface area contributed by atoms with Crippen molar-refractivity contribution in [1.29, 1.82) is 0 Å². The fourth-order valence-electron chi connectivity index (χ4n) is 3.46. The molecule has 3 rings (SSSR count). The van der Waals surface area contributed by atoms with Crippen LogP contribution in [0.4, 0.5) is 4.39 Å². The number of ether oxygens (including phenoxy) is 1. The summed E-state index contributed by atoms with van der Waals surface area (Å²) in [5, 5.41) is 0. The van der Waals surface area contributed by atoms with Gasteiger partial charge in [0, 0.05) is 25.0 Å². The molecule has 2 aromatic carbocycles. The molecule has 5 heteroatoms. The number of carbonyl (C=O) groups is 1. The van der Waals surface area contributed by atoms with Crippen molar-refractivity contribution < 1.29 is 13.9 Å². The van der Waals surface area contributed by atoms with Gasteiger partial charge in [0.05, 0.1) is 12.7 Å². The topological polar surface area (TPSA) is 32.8 Å². The molecular formula is C20H23FN2O2. The lowest BCUT2D eigenvalue weighted by atomic mass is 9.93. The Kier molecular flexibility index (Phi) is 5.04. The summed E-state index contributed by atoms with van der Waals surface area (Å²) in [5.74, 6) is 0.266. The van der Waals surface area contributed by atoms with E-state index in [4.69, 9.17) is 4.74 Å². The van der Waals surface area contributed by atoms with Crippen LogP contribution < -0.4 is 4.74 Å². The molecule has 1 aliphatic heterocycles. The number of carbonyl (C=O) groups excluding carboxylic acids is 1. The molecule has 0 N–H and O–H groups in total. The molecule has 0 spiro atoms. The van der Waals surface area contributed by atoms with Gasteiger partial charge in [-0.05, 0) is 43.9 Å². The van der Waals surface area contributed by atoms with E-state index in [1.807, 2.05) is 38.4 Å². The summed E-state index contributed by atoms with van der Waals surface area (Å²) in [4.78, 5) is 16.6. The van der Waals surface area contributed by atoms with E-state index in [9.17, 15) is 9.18 Å². The van der Waals surface area contributed by atoms with E-state index in [1.54, 1.807) is 30.2 Å². The van der Waals surface area contributed by atoms with Crippen LogP contribution in [0, 0.1) is 5.82 Å². The minimum Gasteiger partial charge on any atom is -0.497 e. The summed E-state index contributed by atoms with van der Waals surface area (Å²) in [6.45, 7) is 1.15. The fraction of sp³-hybridized carbons (Fsp3) is 0.350. The van der Waals surface area contributed by atoms with Crippen molar-refractivity contribution in [3.63, 3.8) is 0 Å². The highest BCUT2D eigenvalue weighted by atomic mass is 19.1. The molecule has 2 atom stereocenters. The second-order valence-electron chi connectivity index (χ2n) is 6.60. The zero-order valence-electron chi connectivity index (χ0n) is 14.8. The van der Waals surface area contributed by atoms with Gasteiger partial charge in [0.1, 0.15) is 11.6 Å². The van der Waals surface area contributed by atoms with Gasteiger partial charge in [-0.2, -0.15) is 0 Å². The molecule has 1 amide bonds. The van der Waals surface area contributed by atoms with E-state index < -0.39 is 5.82 Å². The number of likely N-dealkylation sites (N-methyl/N-ethyl adjacent to an activating group) is 1. The first-order chi connectivity index (χ1) is 12.0. The summed E-state index contributed by atoms with van der Waals surface area (Å²) in [7, 11) is 5.67. The number of hydrogen-bond acceptors (Lipinski definition) is 3. The first-order valence-electron chi connectivity index (χ1n) is 8.35. The highest BCUT2D eigenvalue weighted by Gasteiger charge is 2.38. The van der Waals surface area contributed by atoms with Crippen LogP contribution in [0.5, 0.6) is 5.75 Å². The molecule has 25 heavy (non-hydrogen) atoms. The zero-order valence-corrected chi connectivity index (χ0v) is 14.8. The Labute approximate surface area is 147 Å². The molecule has 1 heterocycles. The monoisotopic (exact) mass is 342 g/mol. The van der Waals surface area contributed by atoms with E-state index in [0.29, 0.717) is 13.1 Å². The second-order valence-corrected chi connectivity index (χ2v) is 6.60. The molecule has 1 fully saturated rings. The molecule has 0 radical (unpaired) electrons. The number of likely N-dealkylation sites (tertiary alicyclic amines) is 1. The highest BCUT2D eigenvalue weighted by molar-refractivity contribution is 5.94. The van der Waals surface area contributed by atoms with Crippen molar-refractivity contribution in [2.45, 2.75) is 12.0 Å². The molecule has 0 bridgehead atoms. The van der Waals surface area contributed by atoms with Crippen LogP contribution in [0.2, 0.25) is 0 Å². The number of rotatable bonds is 4. The number of halogens is 1. The number of methoxy groups -OCH3 is 1. The molecule has 1 saturated heterocycles. The molecule has 0 saturated carbocycles. The Morgan fingerprint density at radius 3 is 2.40 bits per heavy atom. The predicted molar refractivity (Wildman–Crippen MR) is 95.5 cm³/mol. The second kappa shape index (κ2) is 7.23. The minimum absolute atomic E-state index is 0.135. The van der Waals surface area contributed by atoms with E-state index in [1.165, 1.54) is 6.07 Å². The highest BCUT2D eigenvalue weighted by Crippen LogP contribution is 2.32. The minimum atomic E-state index is -0.471. The maximum Gasteiger partial charge on any atom is 0.256 e.